The average Bonchev–Trinajstić information content (AvgIpc) is 2.63. The topological polar surface area (TPSA) is 51.2 Å². The van der Waals surface area contributed by atoms with E-state index in [9.17, 15) is 4.79 Å². The summed E-state index contributed by atoms with van der Waals surface area (Å²) in [6.07, 6.45) is 2.76. The van der Waals surface area contributed by atoms with Crippen LogP contribution in [0.5, 0.6) is 5.75 Å². The highest BCUT2D eigenvalue weighted by Gasteiger charge is 2.06. The van der Waals surface area contributed by atoms with E-state index in [4.69, 9.17) is 16.3 Å². The van der Waals surface area contributed by atoms with Gasteiger partial charge in [-0.25, -0.2) is 0 Å². The fraction of sp³-hybridized carbons (Fsp3) is 0.200. The number of halogens is 1. The quantitative estimate of drug-likeness (QED) is 0.652. The molecule has 0 fully saturated rings. The number of rotatable bonds is 7. The van der Waals surface area contributed by atoms with Gasteiger partial charge in [-0.1, -0.05) is 48.0 Å². The zero-order valence-corrected chi connectivity index (χ0v) is 14.5. The molecule has 0 unspecified atom stereocenters. The van der Waals surface area contributed by atoms with Gasteiger partial charge in [-0.3, -0.25) is 9.78 Å². The molecule has 0 aliphatic carbocycles. The molecule has 4 nitrogen and oxygen atoms in total. The Morgan fingerprint density at radius 1 is 1.08 bits per heavy atom. The Bertz CT molecular complexity index is 862. The van der Waals surface area contributed by atoms with E-state index in [-0.39, 0.29) is 12.3 Å². The van der Waals surface area contributed by atoms with Gasteiger partial charge in [0.05, 0.1) is 13.0 Å². The molecule has 25 heavy (non-hydrogen) atoms. The molecule has 1 amide bonds. The van der Waals surface area contributed by atoms with E-state index in [0.29, 0.717) is 18.2 Å². The van der Waals surface area contributed by atoms with Crippen LogP contribution in [0.4, 0.5) is 0 Å². The number of amides is 1. The van der Waals surface area contributed by atoms with Gasteiger partial charge in [0.25, 0.3) is 0 Å². The Labute approximate surface area is 151 Å². The summed E-state index contributed by atoms with van der Waals surface area (Å²) in [6.45, 7) is 1.07. The zero-order chi connectivity index (χ0) is 17.5. The molecule has 0 spiro atoms. The van der Waals surface area contributed by atoms with E-state index in [1.165, 1.54) is 0 Å². The molecule has 5 heteroatoms. The Balaban J connectivity index is 1.43. The van der Waals surface area contributed by atoms with Crippen LogP contribution in [0.15, 0.2) is 60.8 Å². The van der Waals surface area contributed by atoms with Crippen LogP contribution in [0.3, 0.4) is 0 Å². The molecule has 0 atom stereocenters. The van der Waals surface area contributed by atoms with Crippen molar-refractivity contribution < 1.29 is 9.53 Å². The van der Waals surface area contributed by atoms with Gasteiger partial charge in [0.15, 0.2) is 0 Å². The highest BCUT2D eigenvalue weighted by Crippen LogP contribution is 2.22. The van der Waals surface area contributed by atoms with E-state index >= 15 is 0 Å². The highest BCUT2D eigenvalue weighted by atomic mass is 35.5. The molecule has 1 N–H and O–H groups in total. The van der Waals surface area contributed by atoms with Crippen LogP contribution in [0.1, 0.15) is 12.0 Å². The summed E-state index contributed by atoms with van der Waals surface area (Å²) in [7, 11) is 0. The summed E-state index contributed by atoms with van der Waals surface area (Å²) < 4.78 is 5.80. The molecule has 128 valence electrons. The van der Waals surface area contributed by atoms with Crippen molar-refractivity contribution in [2.45, 2.75) is 12.8 Å². The van der Waals surface area contributed by atoms with Crippen LogP contribution in [0, 0.1) is 0 Å². The summed E-state index contributed by atoms with van der Waals surface area (Å²) in [6, 6.07) is 17.1. The lowest BCUT2D eigenvalue weighted by Gasteiger charge is -2.09. The highest BCUT2D eigenvalue weighted by molar-refractivity contribution is 6.31. The number of ether oxygens (including phenoxy) is 1. The van der Waals surface area contributed by atoms with E-state index in [1.54, 1.807) is 12.3 Å². The molecule has 3 aromatic rings. The fourth-order valence-electron chi connectivity index (χ4n) is 2.55. The molecule has 2 aromatic carbocycles. The van der Waals surface area contributed by atoms with Crippen LogP contribution >= 0.6 is 11.6 Å². The second kappa shape index (κ2) is 8.49. The first-order valence-electron chi connectivity index (χ1n) is 8.21. The van der Waals surface area contributed by atoms with Gasteiger partial charge < -0.3 is 10.1 Å². The molecule has 0 radical (unpaired) electrons. The van der Waals surface area contributed by atoms with Crippen molar-refractivity contribution >= 4 is 28.4 Å². The maximum atomic E-state index is 12.0. The van der Waals surface area contributed by atoms with Gasteiger partial charge in [0.1, 0.15) is 11.3 Å². The number of para-hydroxylation sites is 1. The monoisotopic (exact) mass is 354 g/mol. The molecule has 1 aromatic heterocycles. The van der Waals surface area contributed by atoms with Gasteiger partial charge in [-0.15, -0.1) is 0 Å². The SMILES string of the molecule is O=C(Cc1ccccc1Cl)NCCCOc1cccc2cccnc12. The third-order valence-corrected chi connectivity index (χ3v) is 4.17. The average molecular weight is 355 g/mol. The number of carbonyl (C=O) groups is 1. The fourth-order valence-corrected chi connectivity index (χ4v) is 2.75. The predicted octanol–water partition coefficient (Wildman–Crippen LogP) is 4.02. The number of pyridine rings is 1. The molecule has 3 rings (SSSR count). The van der Waals surface area contributed by atoms with Gasteiger partial charge in [0, 0.05) is 23.2 Å². The van der Waals surface area contributed by atoms with Crippen LogP contribution in [-0.4, -0.2) is 24.0 Å². The van der Waals surface area contributed by atoms with Crippen molar-refractivity contribution in [3.63, 3.8) is 0 Å². The largest absolute Gasteiger partial charge is 0.491 e. The van der Waals surface area contributed by atoms with Crippen LogP contribution in [0.25, 0.3) is 10.9 Å². The predicted molar refractivity (Wildman–Crippen MR) is 100 cm³/mol. The second-order valence-corrected chi connectivity index (χ2v) is 6.06. The van der Waals surface area contributed by atoms with Gasteiger partial charge in [-0.2, -0.15) is 0 Å². The molecular formula is C20H19ClN2O2. The minimum Gasteiger partial charge on any atom is -0.491 e. The maximum Gasteiger partial charge on any atom is 0.224 e. The minimum atomic E-state index is -0.0417. The van der Waals surface area contributed by atoms with Crippen molar-refractivity contribution in [2.75, 3.05) is 13.2 Å². The molecule has 0 aliphatic heterocycles. The Kier molecular flexibility index (Phi) is 5.86. The minimum absolute atomic E-state index is 0.0417. The Morgan fingerprint density at radius 2 is 1.92 bits per heavy atom. The lowest BCUT2D eigenvalue weighted by Crippen LogP contribution is -2.27. The molecule has 0 aliphatic rings. The van der Waals surface area contributed by atoms with Crippen molar-refractivity contribution in [1.82, 2.24) is 10.3 Å². The first kappa shape index (κ1) is 17.2. The number of nitrogens with one attached hydrogen (secondary N) is 1. The number of aromatic nitrogens is 1. The first-order valence-corrected chi connectivity index (χ1v) is 8.58. The van der Waals surface area contributed by atoms with E-state index in [2.05, 4.69) is 10.3 Å². The summed E-state index contributed by atoms with van der Waals surface area (Å²) >= 11 is 6.06. The van der Waals surface area contributed by atoms with Gasteiger partial charge in [0.2, 0.25) is 5.91 Å². The summed E-state index contributed by atoms with van der Waals surface area (Å²) in [5, 5.41) is 4.55. The van der Waals surface area contributed by atoms with E-state index in [1.807, 2.05) is 48.5 Å². The number of fused-ring (bicyclic) bond motifs is 1. The number of carbonyl (C=O) groups excluding carboxylic acids is 1. The Hall–Kier alpha value is -2.59. The standard InChI is InChI=1S/C20H19ClN2O2/c21-17-9-2-1-6-16(17)14-19(24)22-12-5-13-25-18-10-3-7-15-8-4-11-23-20(15)18/h1-4,6-11H,5,12-14H2,(H,22,24). The van der Waals surface area contributed by atoms with E-state index < -0.39 is 0 Å². The molecule has 0 bridgehead atoms. The number of benzene rings is 2. The van der Waals surface area contributed by atoms with Crippen LogP contribution in [-0.2, 0) is 11.2 Å². The second-order valence-electron chi connectivity index (χ2n) is 5.65. The van der Waals surface area contributed by atoms with Crippen molar-refractivity contribution in [2.24, 2.45) is 0 Å². The van der Waals surface area contributed by atoms with E-state index in [0.717, 1.165) is 28.6 Å². The first-order chi connectivity index (χ1) is 12.2. The van der Waals surface area contributed by atoms with Crippen LogP contribution in [0.2, 0.25) is 5.02 Å². The maximum absolute atomic E-state index is 12.0. The number of nitrogens with zero attached hydrogens (tertiary/aromatic N) is 1. The van der Waals surface area contributed by atoms with Crippen molar-refractivity contribution in [1.29, 1.82) is 0 Å². The zero-order valence-electron chi connectivity index (χ0n) is 13.7. The Morgan fingerprint density at radius 3 is 2.80 bits per heavy atom. The van der Waals surface area contributed by atoms with Gasteiger partial charge in [-0.05, 0) is 30.2 Å². The molecule has 1 heterocycles. The summed E-state index contributed by atoms with van der Waals surface area (Å²) in [4.78, 5) is 16.3. The summed E-state index contributed by atoms with van der Waals surface area (Å²) in [5.74, 6) is 0.723. The molecular weight excluding hydrogens is 336 g/mol. The molecule has 0 saturated carbocycles. The lowest BCUT2D eigenvalue weighted by atomic mass is 10.1. The third kappa shape index (κ3) is 4.70. The number of hydrogen-bond acceptors (Lipinski definition) is 3. The van der Waals surface area contributed by atoms with Crippen molar-refractivity contribution in [3.8, 4) is 5.75 Å². The lowest BCUT2D eigenvalue weighted by molar-refractivity contribution is -0.120. The smallest absolute Gasteiger partial charge is 0.224 e. The number of hydrogen-bond donors (Lipinski definition) is 1. The van der Waals surface area contributed by atoms with Crippen molar-refractivity contribution in [3.05, 3.63) is 71.4 Å². The normalized spacial score (nSPS) is 10.6. The van der Waals surface area contributed by atoms with Crippen LogP contribution < -0.4 is 10.1 Å². The summed E-state index contributed by atoms with van der Waals surface area (Å²) in [5.41, 5.74) is 1.69. The van der Waals surface area contributed by atoms with Gasteiger partial charge >= 0.3 is 0 Å². The molecule has 0 saturated heterocycles. The third-order valence-electron chi connectivity index (χ3n) is 3.81.